The summed E-state index contributed by atoms with van der Waals surface area (Å²) in [5.74, 6) is 0. The van der Waals surface area contributed by atoms with Crippen molar-refractivity contribution in [2.75, 3.05) is 0 Å². The Labute approximate surface area is 518 Å². The normalized spacial score (nSPS) is 12.2. The lowest BCUT2D eigenvalue weighted by atomic mass is 9.91. The van der Waals surface area contributed by atoms with Gasteiger partial charge in [-0.1, -0.05) is 237 Å². The summed E-state index contributed by atoms with van der Waals surface area (Å²) in [6.07, 6.45) is 5.78. The number of rotatable bonds is 7. The van der Waals surface area contributed by atoms with Gasteiger partial charge in [-0.25, -0.2) is 0 Å². The Morgan fingerprint density at radius 2 is 0.644 bits per heavy atom. The number of aromatic nitrogens is 4. The fourth-order valence-corrected chi connectivity index (χ4v) is 15.9. The number of fused-ring (bicyclic) bond motifs is 16. The van der Waals surface area contributed by atoms with Crippen molar-refractivity contribution < 1.29 is 0 Å². The second-order valence-corrected chi connectivity index (χ2v) is 24.3. The lowest BCUT2D eigenvalue weighted by molar-refractivity contribution is 1.15. The Morgan fingerprint density at radius 1 is 0.222 bits per heavy atom. The van der Waals surface area contributed by atoms with Crippen molar-refractivity contribution >= 4 is 86.7 Å². The van der Waals surface area contributed by atoms with Crippen LogP contribution in [-0.2, 0) is 0 Å². The first-order chi connectivity index (χ1) is 44.7. The molecule has 414 valence electrons. The molecule has 0 radical (unpaired) electrons. The molecule has 0 saturated heterocycles. The zero-order valence-electron chi connectivity index (χ0n) is 48.7. The Bertz CT molecular complexity index is 6100. The zero-order valence-corrected chi connectivity index (χ0v) is 48.7. The minimum atomic E-state index is 0.933. The summed E-state index contributed by atoms with van der Waals surface area (Å²) < 4.78 is 4.83. The molecule has 0 fully saturated rings. The topological polar surface area (TPSA) is 35.6 Å². The average molecular weight is 1140 g/mol. The van der Waals surface area contributed by atoms with E-state index in [-0.39, 0.29) is 0 Å². The first kappa shape index (κ1) is 49.2. The van der Waals surface area contributed by atoms with Crippen molar-refractivity contribution in [3.63, 3.8) is 0 Å². The van der Waals surface area contributed by atoms with Gasteiger partial charge in [-0.15, -0.1) is 0 Å². The van der Waals surface area contributed by atoms with Crippen LogP contribution in [-0.4, -0.2) is 19.1 Å². The molecule has 0 aliphatic heterocycles. The van der Waals surface area contributed by atoms with Crippen molar-refractivity contribution in [2.45, 2.75) is 0 Å². The van der Waals surface area contributed by atoms with Crippen LogP contribution in [0.1, 0.15) is 0 Å². The van der Waals surface area contributed by atoms with Crippen LogP contribution < -0.4 is 0 Å². The van der Waals surface area contributed by atoms with E-state index in [1.807, 2.05) is 24.7 Å². The fourth-order valence-electron chi connectivity index (χ4n) is 15.9. The average Bonchev–Trinajstić information content (AvgIpc) is 1.63. The van der Waals surface area contributed by atoms with E-state index in [1.54, 1.807) is 0 Å². The molecule has 90 heavy (non-hydrogen) atoms. The number of pyridine rings is 2. The first-order valence-corrected chi connectivity index (χ1v) is 31.0. The van der Waals surface area contributed by atoms with Crippen molar-refractivity contribution in [1.29, 1.82) is 0 Å². The van der Waals surface area contributed by atoms with Gasteiger partial charge in [0.05, 0.1) is 39.6 Å². The maximum Gasteiger partial charge on any atom is 0.0723 e. The van der Waals surface area contributed by atoms with Crippen LogP contribution in [0.2, 0.25) is 0 Å². The molecule has 4 heteroatoms. The molecule has 2 aliphatic rings. The van der Waals surface area contributed by atoms with Gasteiger partial charge in [0.2, 0.25) is 0 Å². The summed E-state index contributed by atoms with van der Waals surface area (Å²) in [6.45, 7) is 0. The van der Waals surface area contributed by atoms with Crippen LogP contribution in [0.5, 0.6) is 0 Å². The van der Waals surface area contributed by atoms with Crippen LogP contribution in [0.25, 0.3) is 198 Å². The molecule has 0 saturated carbocycles. The minimum Gasteiger partial charge on any atom is -0.308 e. The van der Waals surface area contributed by atoms with E-state index in [9.17, 15) is 0 Å². The van der Waals surface area contributed by atoms with Crippen LogP contribution in [0.3, 0.4) is 0 Å². The highest BCUT2D eigenvalue weighted by Gasteiger charge is 2.27. The molecule has 0 N–H and O–H groups in total. The minimum absolute atomic E-state index is 0.933. The van der Waals surface area contributed by atoms with E-state index in [0.29, 0.717) is 0 Å². The first-order valence-electron chi connectivity index (χ1n) is 31.0. The summed E-state index contributed by atoms with van der Waals surface area (Å²) in [5, 5.41) is 15.0. The Morgan fingerprint density at radius 3 is 1.29 bits per heavy atom. The highest BCUT2D eigenvalue weighted by molar-refractivity contribution is 6.24. The fraction of sp³-hybridized carbons (Fsp3) is 0. The summed E-state index contributed by atoms with van der Waals surface area (Å²) in [6, 6.07) is 106. The molecular formula is C86H50N4. The van der Waals surface area contributed by atoms with Crippen LogP contribution in [0.15, 0.2) is 304 Å². The largest absolute Gasteiger partial charge is 0.308 e. The maximum atomic E-state index is 5.11. The molecule has 20 rings (SSSR count). The Kier molecular flexibility index (Phi) is 10.3. The van der Waals surface area contributed by atoms with Gasteiger partial charge in [0.25, 0.3) is 0 Å². The highest BCUT2D eigenvalue weighted by atomic mass is 15.0. The Balaban J connectivity index is 0.642. The van der Waals surface area contributed by atoms with Gasteiger partial charge in [0.1, 0.15) is 0 Å². The van der Waals surface area contributed by atoms with Crippen LogP contribution in [0.4, 0.5) is 0 Å². The molecule has 0 spiro atoms. The highest BCUT2D eigenvalue weighted by Crippen LogP contribution is 2.53. The molecular weight excluding hydrogens is 1090 g/mol. The quantitative estimate of drug-likeness (QED) is 0.159. The SMILES string of the molecule is c1cncc(-n2c3ccccc3c3ccc4c(-c5ccc(-c6ccc7c8c(cccc68)-c6ccc(-c8cc(-n9c%10ccccc%10c%10cc(-c%11ccc(-c%12ccc%13c%14c(cccc%12%14)-c%12ccccc%12-%13)cc%11)c%11ccccc%11c%109)ccn8)cc6-7)cc5)cccc4c32)c1. The molecule has 0 amide bonds. The Hall–Kier alpha value is -12.0. The molecule has 4 heterocycles. The standard InChI is InChI=1S/C86H50N4/c1-2-15-62-61(14-1)70-23-10-21-68-59(38-41-72(62)83(68)70)53-32-34-54(35-33-53)77-49-79-67-18-6-8-27-82(67)89(86(79)74-19-4-3-16-63(74)77)56-44-46-88-80(48-56)55-36-37-65-71-24-11-22-69-60(39-42-73(84(69)71)78(65)47-55)52-30-28-51(29-31-52)58-20-9-25-75-64(58)40-43-76-66-17-5-7-26-81(66)90(85(75)76)57-13-12-45-87-50-57/h1-50H. The van der Waals surface area contributed by atoms with Crippen molar-refractivity contribution in [1.82, 2.24) is 19.1 Å². The third-order valence-corrected chi connectivity index (χ3v) is 19.8. The van der Waals surface area contributed by atoms with E-state index in [0.717, 1.165) is 28.1 Å². The molecule has 4 aromatic heterocycles. The third-order valence-electron chi connectivity index (χ3n) is 19.8. The zero-order chi connectivity index (χ0) is 58.7. The van der Waals surface area contributed by atoms with Crippen LogP contribution in [0, 0.1) is 0 Å². The van der Waals surface area contributed by atoms with Gasteiger partial charge in [-0.05, 0) is 170 Å². The molecule has 0 unspecified atom stereocenters. The van der Waals surface area contributed by atoms with Gasteiger partial charge >= 0.3 is 0 Å². The van der Waals surface area contributed by atoms with Gasteiger partial charge in [0, 0.05) is 56.0 Å². The number of hydrogen-bond donors (Lipinski definition) is 0. The van der Waals surface area contributed by atoms with E-state index in [4.69, 9.17) is 4.98 Å². The van der Waals surface area contributed by atoms with E-state index in [1.165, 1.54) is 170 Å². The summed E-state index contributed by atoms with van der Waals surface area (Å²) >= 11 is 0. The molecule has 18 aromatic rings. The smallest absolute Gasteiger partial charge is 0.0723 e. The van der Waals surface area contributed by atoms with Gasteiger partial charge in [0.15, 0.2) is 0 Å². The van der Waals surface area contributed by atoms with Crippen molar-refractivity contribution in [3.05, 3.63) is 304 Å². The predicted octanol–water partition coefficient (Wildman–Crippen LogP) is 22.9. The monoisotopic (exact) mass is 1140 g/mol. The number of para-hydroxylation sites is 2. The summed E-state index contributed by atoms with van der Waals surface area (Å²) in [4.78, 5) is 9.63. The summed E-state index contributed by atoms with van der Waals surface area (Å²) in [7, 11) is 0. The second-order valence-electron chi connectivity index (χ2n) is 24.3. The lowest BCUT2D eigenvalue weighted by Gasteiger charge is -2.14. The van der Waals surface area contributed by atoms with Crippen molar-refractivity contribution in [2.24, 2.45) is 0 Å². The molecule has 0 atom stereocenters. The van der Waals surface area contributed by atoms with E-state index < -0.39 is 0 Å². The maximum absolute atomic E-state index is 5.11. The molecule has 0 bridgehead atoms. The molecule has 4 nitrogen and oxygen atoms in total. The number of hydrogen-bond acceptors (Lipinski definition) is 2. The second kappa shape index (κ2) is 18.8. The van der Waals surface area contributed by atoms with E-state index in [2.05, 4.69) is 293 Å². The van der Waals surface area contributed by atoms with Crippen LogP contribution >= 0.6 is 0 Å². The van der Waals surface area contributed by atoms with Gasteiger partial charge in [-0.3, -0.25) is 9.97 Å². The van der Waals surface area contributed by atoms with Crippen molar-refractivity contribution in [3.8, 4) is 112 Å². The summed E-state index contributed by atoms with van der Waals surface area (Å²) in [5.41, 5.74) is 28.9. The number of benzene rings is 14. The molecule has 2 aliphatic carbocycles. The van der Waals surface area contributed by atoms with E-state index >= 15 is 0 Å². The third kappa shape index (κ3) is 6.96. The van der Waals surface area contributed by atoms with Gasteiger partial charge in [-0.2, -0.15) is 0 Å². The van der Waals surface area contributed by atoms with Gasteiger partial charge < -0.3 is 9.13 Å². The molecule has 14 aromatic carbocycles. The number of nitrogens with zero attached hydrogens (tertiary/aromatic N) is 4. The predicted molar refractivity (Wildman–Crippen MR) is 377 cm³/mol. The lowest BCUT2D eigenvalue weighted by Crippen LogP contribution is -1.97.